The van der Waals surface area contributed by atoms with Gasteiger partial charge in [0.05, 0.1) is 4.90 Å². The average molecular weight is 233 g/mol. The molecule has 1 aromatic carbocycles. The highest BCUT2D eigenvalue weighted by atomic mass is 32.2. The van der Waals surface area contributed by atoms with E-state index in [0.717, 1.165) is 0 Å². The number of anilines is 1. The molecule has 4 nitrogen and oxygen atoms in total. The molecule has 5 heteroatoms. The minimum Gasteiger partial charge on any atom is -0.263 e. The molecular formula is C11H9N2O2S. The van der Waals surface area contributed by atoms with Crippen LogP contribution in [0.3, 0.4) is 0 Å². The molecule has 2 rings (SSSR count). The third-order valence-electron chi connectivity index (χ3n) is 1.90. The van der Waals surface area contributed by atoms with E-state index in [0.29, 0.717) is 5.82 Å². The van der Waals surface area contributed by atoms with Gasteiger partial charge < -0.3 is 0 Å². The van der Waals surface area contributed by atoms with E-state index in [1.165, 1.54) is 18.3 Å². The Morgan fingerprint density at radius 1 is 1.12 bits per heavy atom. The van der Waals surface area contributed by atoms with Gasteiger partial charge in [0.2, 0.25) is 0 Å². The summed E-state index contributed by atoms with van der Waals surface area (Å²) in [7, 11) is -3.55. The Kier molecular flexibility index (Phi) is 2.87. The van der Waals surface area contributed by atoms with Crippen molar-refractivity contribution in [2.24, 2.45) is 0 Å². The SMILES string of the molecule is O=S(=O)(Nc1ccccn1)c1cc[c]cc1. The number of nitrogens with one attached hydrogen (secondary N) is 1. The molecule has 0 atom stereocenters. The molecule has 0 aliphatic carbocycles. The van der Waals surface area contributed by atoms with Crippen molar-refractivity contribution in [3.8, 4) is 0 Å². The summed E-state index contributed by atoms with van der Waals surface area (Å²) in [5.41, 5.74) is 0. The van der Waals surface area contributed by atoms with Gasteiger partial charge in [-0.25, -0.2) is 13.4 Å². The monoisotopic (exact) mass is 233 g/mol. The number of sulfonamides is 1. The van der Waals surface area contributed by atoms with Crippen LogP contribution in [0.5, 0.6) is 0 Å². The van der Waals surface area contributed by atoms with Crippen molar-refractivity contribution < 1.29 is 8.42 Å². The molecule has 0 saturated carbocycles. The van der Waals surface area contributed by atoms with Crippen LogP contribution in [0.4, 0.5) is 5.82 Å². The smallest absolute Gasteiger partial charge is 0.263 e. The fraction of sp³-hybridized carbons (Fsp3) is 0. The Labute approximate surface area is 94.0 Å². The predicted molar refractivity (Wildman–Crippen MR) is 60.3 cm³/mol. The molecule has 0 spiro atoms. The molecule has 0 bridgehead atoms. The maximum atomic E-state index is 11.8. The molecule has 0 saturated heterocycles. The third-order valence-corrected chi connectivity index (χ3v) is 3.27. The number of pyridine rings is 1. The summed E-state index contributed by atoms with van der Waals surface area (Å²) in [5, 5.41) is 0. The number of rotatable bonds is 3. The zero-order valence-electron chi connectivity index (χ0n) is 8.29. The lowest BCUT2D eigenvalue weighted by Gasteiger charge is -2.06. The standard InChI is InChI=1S/C11H9N2O2S/c14-16(15,10-6-2-1-3-7-10)13-11-8-4-5-9-12-11/h2-9H,(H,12,13). The van der Waals surface area contributed by atoms with Crippen LogP contribution < -0.4 is 4.72 Å². The first kappa shape index (κ1) is 10.6. The van der Waals surface area contributed by atoms with Crippen LogP contribution in [0.2, 0.25) is 0 Å². The van der Waals surface area contributed by atoms with Gasteiger partial charge in [-0.05, 0) is 30.3 Å². The molecule has 0 unspecified atom stereocenters. The quantitative estimate of drug-likeness (QED) is 0.877. The predicted octanol–water partition coefficient (Wildman–Crippen LogP) is 1.68. The van der Waals surface area contributed by atoms with Crippen molar-refractivity contribution in [1.29, 1.82) is 0 Å². The zero-order chi connectivity index (χ0) is 11.4. The first-order valence-electron chi connectivity index (χ1n) is 4.58. The molecule has 1 radical (unpaired) electrons. The first-order valence-corrected chi connectivity index (χ1v) is 6.07. The minimum atomic E-state index is -3.55. The van der Waals surface area contributed by atoms with E-state index in [9.17, 15) is 8.42 Å². The maximum absolute atomic E-state index is 11.8. The number of benzene rings is 1. The van der Waals surface area contributed by atoms with Crippen LogP contribution in [0.15, 0.2) is 53.6 Å². The molecule has 81 valence electrons. The van der Waals surface area contributed by atoms with E-state index in [4.69, 9.17) is 0 Å². The Balaban J connectivity index is 2.29. The van der Waals surface area contributed by atoms with Crippen LogP contribution in [-0.4, -0.2) is 13.4 Å². The lowest BCUT2D eigenvalue weighted by atomic mass is 10.4. The maximum Gasteiger partial charge on any atom is 0.263 e. The van der Waals surface area contributed by atoms with E-state index in [1.54, 1.807) is 30.3 Å². The summed E-state index contributed by atoms with van der Waals surface area (Å²) in [6.07, 6.45) is 1.52. The molecule has 0 aliphatic heterocycles. The fourth-order valence-electron chi connectivity index (χ4n) is 1.17. The van der Waals surface area contributed by atoms with Crippen LogP contribution >= 0.6 is 0 Å². The number of hydrogen-bond acceptors (Lipinski definition) is 3. The van der Waals surface area contributed by atoms with Crippen LogP contribution in [0.1, 0.15) is 0 Å². The number of hydrogen-bond donors (Lipinski definition) is 1. The highest BCUT2D eigenvalue weighted by Gasteiger charge is 2.13. The second-order valence-corrected chi connectivity index (χ2v) is 4.74. The topological polar surface area (TPSA) is 59.1 Å². The Morgan fingerprint density at radius 3 is 2.50 bits per heavy atom. The highest BCUT2D eigenvalue weighted by molar-refractivity contribution is 7.92. The molecular weight excluding hydrogens is 224 g/mol. The molecule has 0 aliphatic rings. The summed E-state index contributed by atoms with van der Waals surface area (Å²) in [6, 6.07) is 13.8. The van der Waals surface area contributed by atoms with E-state index in [-0.39, 0.29) is 4.90 Å². The average Bonchev–Trinajstić information content (AvgIpc) is 2.31. The Hall–Kier alpha value is -1.88. The molecule has 0 amide bonds. The van der Waals surface area contributed by atoms with Crippen molar-refractivity contribution in [2.75, 3.05) is 4.72 Å². The number of aromatic nitrogens is 1. The fourth-order valence-corrected chi connectivity index (χ4v) is 2.18. The molecule has 1 aromatic heterocycles. The number of nitrogens with zero attached hydrogens (tertiary/aromatic N) is 1. The first-order chi connectivity index (χ1) is 7.68. The van der Waals surface area contributed by atoms with Crippen molar-refractivity contribution >= 4 is 15.8 Å². The van der Waals surface area contributed by atoms with Gasteiger partial charge in [0, 0.05) is 6.20 Å². The van der Waals surface area contributed by atoms with Crippen LogP contribution in [0.25, 0.3) is 0 Å². The molecule has 2 aromatic rings. The van der Waals surface area contributed by atoms with Crippen molar-refractivity contribution in [1.82, 2.24) is 4.98 Å². The molecule has 1 heterocycles. The third kappa shape index (κ3) is 2.38. The van der Waals surface area contributed by atoms with Crippen molar-refractivity contribution in [3.05, 3.63) is 54.7 Å². The zero-order valence-corrected chi connectivity index (χ0v) is 9.11. The van der Waals surface area contributed by atoms with Crippen molar-refractivity contribution in [3.63, 3.8) is 0 Å². The lowest BCUT2D eigenvalue weighted by Crippen LogP contribution is -2.13. The largest absolute Gasteiger partial charge is 0.263 e. The summed E-state index contributed by atoms with van der Waals surface area (Å²) >= 11 is 0. The highest BCUT2D eigenvalue weighted by Crippen LogP contribution is 2.12. The Bertz CT molecular complexity index is 553. The van der Waals surface area contributed by atoms with Gasteiger partial charge in [-0.1, -0.05) is 18.2 Å². The van der Waals surface area contributed by atoms with Gasteiger partial charge in [0.15, 0.2) is 0 Å². The van der Waals surface area contributed by atoms with E-state index >= 15 is 0 Å². The molecule has 16 heavy (non-hydrogen) atoms. The van der Waals surface area contributed by atoms with Gasteiger partial charge in [-0.15, -0.1) is 0 Å². The van der Waals surface area contributed by atoms with Gasteiger partial charge >= 0.3 is 0 Å². The Morgan fingerprint density at radius 2 is 1.88 bits per heavy atom. The summed E-state index contributed by atoms with van der Waals surface area (Å²) in [4.78, 5) is 4.08. The summed E-state index contributed by atoms with van der Waals surface area (Å²) in [5.74, 6) is 0.301. The summed E-state index contributed by atoms with van der Waals surface area (Å²) < 4.78 is 26.1. The van der Waals surface area contributed by atoms with Gasteiger partial charge in [0.25, 0.3) is 10.0 Å². The second-order valence-electron chi connectivity index (χ2n) is 3.06. The van der Waals surface area contributed by atoms with Gasteiger partial charge in [0.1, 0.15) is 5.82 Å². The van der Waals surface area contributed by atoms with Crippen LogP contribution in [-0.2, 0) is 10.0 Å². The normalized spacial score (nSPS) is 11.0. The lowest BCUT2D eigenvalue weighted by molar-refractivity contribution is 0.601. The molecule has 1 N–H and O–H groups in total. The van der Waals surface area contributed by atoms with Crippen molar-refractivity contribution in [2.45, 2.75) is 4.90 Å². The van der Waals surface area contributed by atoms with E-state index < -0.39 is 10.0 Å². The van der Waals surface area contributed by atoms with E-state index in [2.05, 4.69) is 15.8 Å². The summed E-state index contributed by atoms with van der Waals surface area (Å²) in [6.45, 7) is 0. The molecule has 0 fully saturated rings. The van der Waals surface area contributed by atoms with Gasteiger partial charge in [-0.2, -0.15) is 0 Å². The van der Waals surface area contributed by atoms with Crippen LogP contribution in [0, 0.1) is 6.07 Å². The minimum absolute atomic E-state index is 0.192. The second kappa shape index (κ2) is 4.32. The van der Waals surface area contributed by atoms with Gasteiger partial charge in [-0.3, -0.25) is 4.72 Å². The van der Waals surface area contributed by atoms with E-state index in [1.807, 2.05) is 0 Å².